The minimum absolute atomic E-state index is 0.0465. The highest BCUT2D eigenvalue weighted by Gasteiger charge is 2.29. The molecule has 0 radical (unpaired) electrons. The zero-order valence-corrected chi connectivity index (χ0v) is 15.3. The Labute approximate surface area is 143 Å². The molecule has 24 heavy (non-hydrogen) atoms. The highest BCUT2D eigenvalue weighted by atomic mass is 16.2. The molecule has 0 spiro atoms. The van der Waals surface area contributed by atoms with Crippen molar-refractivity contribution in [2.45, 2.75) is 47.1 Å². The molecule has 1 fully saturated rings. The number of carbonyl (C=O) groups excluding carboxylic acids is 1. The lowest BCUT2D eigenvalue weighted by Crippen LogP contribution is -2.27. The smallest absolute Gasteiger partial charge is 0.246 e. The number of amides is 1. The fourth-order valence-electron chi connectivity index (χ4n) is 2.69. The highest BCUT2D eigenvalue weighted by molar-refractivity contribution is 5.88. The molecule has 3 rings (SSSR count). The Balaban J connectivity index is 0.000000671. The lowest BCUT2D eigenvalue weighted by molar-refractivity contribution is -0.125. The van der Waals surface area contributed by atoms with E-state index < -0.39 is 0 Å². The number of nitrogens with two attached hydrogens (primary N) is 1. The Hall–Kier alpha value is -2.44. The molecule has 1 aliphatic rings. The zero-order valence-electron chi connectivity index (χ0n) is 15.3. The second kappa shape index (κ2) is 9.00. The van der Waals surface area contributed by atoms with Crippen LogP contribution in [0.3, 0.4) is 0 Å². The van der Waals surface area contributed by atoms with Crippen LogP contribution in [0.15, 0.2) is 19.0 Å². The van der Waals surface area contributed by atoms with Crippen LogP contribution in [0.5, 0.6) is 0 Å². The minimum atomic E-state index is -0.0465. The number of likely N-dealkylation sites (tertiary alicyclic amines) is 1. The topological polar surface area (TPSA) is 89.9 Å². The quantitative estimate of drug-likeness (QED) is 0.854. The summed E-state index contributed by atoms with van der Waals surface area (Å²) in [6.45, 7) is 14.7. The molecule has 1 unspecified atom stereocenters. The van der Waals surface area contributed by atoms with Crippen LogP contribution in [0.25, 0.3) is 11.0 Å². The number of rotatable bonds is 2. The molecule has 1 amide bonds. The fraction of sp³-hybridized carbons (Fsp3) is 0.529. The van der Waals surface area contributed by atoms with E-state index in [2.05, 4.69) is 21.6 Å². The summed E-state index contributed by atoms with van der Waals surface area (Å²) in [5, 5.41) is 5.32. The number of aryl methyl sites for hydroxylation is 1. The average Bonchev–Trinajstić information content (AvgIpc) is 3.23. The normalized spacial score (nSPS) is 16.0. The molecule has 2 N–H and O–H groups in total. The summed E-state index contributed by atoms with van der Waals surface area (Å²) in [4.78, 5) is 21.7. The molecule has 1 aliphatic heterocycles. The van der Waals surface area contributed by atoms with E-state index in [4.69, 9.17) is 5.73 Å². The third-order valence-corrected chi connectivity index (χ3v) is 3.69. The maximum absolute atomic E-state index is 11.6. The van der Waals surface area contributed by atoms with Crippen molar-refractivity contribution in [2.75, 3.05) is 18.8 Å². The SMILES string of the molecule is C=CC(=O)N1CCC(n2nc(C)c3c(N)ncnc32)C1.CC.CC. The van der Waals surface area contributed by atoms with Gasteiger partial charge in [0, 0.05) is 13.1 Å². The molecule has 1 saturated heterocycles. The molecule has 7 nitrogen and oxygen atoms in total. The first-order chi connectivity index (χ1) is 11.6. The van der Waals surface area contributed by atoms with Gasteiger partial charge in [-0.2, -0.15) is 5.10 Å². The number of anilines is 1. The summed E-state index contributed by atoms with van der Waals surface area (Å²) in [5.74, 6) is 0.394. The van der Waals surface area contributed by atoms with E-state index in [0.29, 0.717) is 18.9 Å². The van der Waals surface area contributed by atoms with Crippen molar-refractivity contribution in [3.05, 3.63) is 24.7 Å². The number of carbonyl (C=O) groups is 1. The number of nitrogen functional groups attached to an aromatic ring is 1. The van der Waals surface area contributed by atoms with Crippen LogP contribution in [0.1, 0.15) is 45.9 Å². The number of fused-ring (bicyclic) bond motifs is 1. The van der Waals surface area contributed by atoms with Crippen molar-refractivity contribution < 1.29 is 4.79 Å². The van der Waals surface area contributed by atoms with Gasteiger partial charge < -0.3 is 10.6 Å². The Morgan fingerprint density at radius 2 is 2.00 bits per heavy atom. The van der Waals surface area contributed by atoms with Gasteiger partial charge in [-0.15, -0.1) is 0 Å². The summed E-state index contributed by atoms with van der Waals surface area (Å²) < 4.78 is 1.86. The average molecular weight is 332 g/mol. The van der Waals surface area contributed by atoms with Crippen molar-refractivity contribution in [1.82, 2.24) is 24.6 Å². The zero-order chi connectivity index (χ0) is 18.3. The second-order valence-corrected chi connectivity index (χ2v) is 4.92. The Morgan fingerprint density at radius 1 is 1.33 bits per heavy atom. The molecule has 0 aliphatic carbocycles. The molecule has 1 atom stereocenters. The Morgan fingerprint density at radius 3 is 2.62 bits per heavy atom. The lowest BCUT2D eigenvalue weighted by atomic mass is 10.2. The van der Waals surface area contributed by atoms with Gasteiger partial charge in [0.2, 0.25) is 5.91 Å². The van der Waals surface area contributed by atoms with Gasteiger partial charge in [-0.1, -0.05) is 34.3 Å². The summed E-state index contributed by atoms with van der Waals surface area (Å²) in [7, 11) is 0. The summed E-state index contributed by atoms with van der Waals surface area (Å²) in [6, 6.07) is 0.115. The molecule has 2 aromatic rings. The first-order valence-corrected chi connectivity index (χ1v) is 8.48. The van der Waals surface area contributed by atoms with Gasteiger partial charge in [-0.3, -0.25) is 4.79 Å². The van der Waals surface area contributed by atoms with E-state index in [9.17, 15) is 4.79 Å². The maximum atomic E-state index is 11.6. The third kappa shape index (κ3) is 3.72. The van der Waals surface area contributed by atoms with Gasteiger partial charge in [-0.25, -0.2) is 14.6 Å². The molecule has 132 valence electrons. The summed E-state index contributed by atoms with van der Waals surface area (Å²) >= 11 is 0. The van der Waals surface area contributed by atoms with Crippen LogP contribution in [-0.2, 0) is 4.79 Å². The molecule has 2 aromatic heterocycles. The van der Waals surface area contributed by atoms with Crippen molar-refractivity contribution >= 4 is 22.8 Å². The van der Waals surface area contributed by atoms with Crippen LogP contribution in [0.4, 0.5) is 5.82 Å². The van der Waals surface area contributed by atoms with Gasteiger partial charge in [0.05, 0.1) is 17.1 Å². The first-order valence-electron chi connectivity index (χ1n) is 8.48. The molecule has 0 saturated carbocycles. The minimum Gasteiger partial charge on any atom is -0.383 e. The van der Waals surface area contributed by atoms with Gasteiger partial charge in [0.25, 0.3) is 0 Å². The van der Waals surface area contributed by atoms with E-state index in [1.165, 1.54) is 12.4 Å². The highest BCUT2D eigenvalue weighted by Crippen LogP contribution is 2.28. The van der Waals surface area contributed by atoms with Gasteiger partial charge >= 0.3 is 0 Å². The van der Waals surface area contributed by atoms with E-state index in [1.807, 2.05) is 39.3 Å². The van der Waals surface area contributed by atoms with E-state index in [-0.39, 0.29) is 11.9 Å². The third-order valence-electron chi connectivity index (χ3n) is 3.69. The Kier molecular flexibility index (Phi) is 7.35. The van der Waals surface area contributed by atoms with Crippen molar-refractivity contribution in [3.63, 3.8) is 0 Å². The van der Waals surface area contributed by atoms with E-state index in [1.54, 1.807) is 4.90 Å². The van der Waals surface area contributed by atoms with E-state index in [0.717, 1.165) is 23.1 Å². The van der Waals surface area contributed by atoms with Gasteiger partial charge in [-0.05, 0) is 19.4 Å². The van der Waals surface area contributed by atoms with Crippen LogP contribution in [0.2, 0.25) is 0 Å². The molecule has 0 bridgehead atoms. The molecular weight excluding hydrogens is 304 g/mol. The molecular formula is C17H28N6O. The monoisotopic (exact) mass is 332 g/mol. The molecule has 7 heteroatoms. The van der Waals surface area contributed by atoms with Crippen LogP contribution in [-0.4, -0.2) is 43.6 Å². The number of nitrogens with zero attached hydrogens (tertiary/aromatic N) is 5. The van der Waals surface area contributed by atoms with Crippen LogP contribution >= 0.6 is 0 Å². The first kappa shape index (κ1) is 19.6. The predicted molar refractivity (Wildman–Crippen MR) is 97.6 cm³/mol. The molecule has 3 heterocycles. The fourth-order valence-corrected chi connectivity index (χ4v) is 2.69. The van der Waals surface area contributed by atoms with Crippen LogP contribution < -0.4 is 5.73 Å². The molecule has 0 aromatic carbocycles. The largest absolute Gasteiger partial charge is 0.383 e. The van der Waals surface area contributed by atoms with Gasteiger partial charge in [0.1, 0.15) is 12.1 Å². The second-order valence-electron chi connectivity index (χ2n) is 4.92. The Bertz CT molecular complexity index is 694. The number of hydrogen-bond donors (Lipinski definition) is 1. The van der Waals surface area contributed by atoms with Gasteiger partial charge in [0.15, 0.2) is 5.65 Å². The van der Waals surface area contributed by atoms with Crippen molar-refractivity contribution in [2.24, 2.45) is 0 Å². The van der Waals surface area contributed by atoms with Crippen molar-refractivity contribution in [1.29, 1.82) is 0 Å². The number of hydrogen-bond acceptors (Lipinski definition) is 5. The summed E-state index contributed by atoms with van der Waals surface area (Å²) in [6.07, 6.45) is 3.63. The van der Waals surface area contributed by atoms with Crippen molar-refractivity contribution in [3.8, 4) is 0 Å². The summed E-state index contributed by atoms with van der Waals surface area (Å²) in [5.41, 5.74) is 7.43. The lowest BCUT2D eigenvalue weighted by Gasteiger charge is -2.14. The standard InChI is InChI=1S/C13H16N6O.2C2H6/c1-3-10(20)18-5-4-9(6-18)19-13-11(8(2)17-19)12(14)15-7-16-13;2*1-2/h3,7,9H,1,4-6H2,2H3,(H2,14,15,16);2*1-2H3. The predicted octanol–water partition coefficient (Wildman–Crippen LogP) is 2.73. The number of aromatic nitrogens is 4. The van der Waals surface area contributed by atoms with E-state index >= 15 is 0 Å². The van der Waals surface area contributed by atoms with Crippen LogP contribution in [0, 0.1) is 6.92 Å². The maximum Gasteiger partial charge on any atom is 0.246 e.